The molecule has 1 heterocycles. The van der Waals surface area contributed by atoms with Gasteiger partial charge in [-0.05, 0) is 30.5 Å². The number of aliphatic hydroxyl groups excluding tert-OH is 1. The fraction of sp³-hybridized carbons (Fsp3) is 0.316. The van der Waals surface area contributed by atoms with Crippen LogP contribution >= 0.6 is 0 Å². The Hall–Kier alpha value is -2.33. The van der Waals surface area contributed by atoms with Crippen LogP contribution in [-0.4, -0.2) is 35.1 Å². The summed E-state index contributed by atoms with van der Waals surface area (Å²) in [5.74, 6) is -0.0140. The standard InChI is InChI=1S/C19H22N2O2/c22-16-9-6-12-21(14-16)19(23)17-10-4-5-11-18(17)20-13-15-7-2-1-3-8-15/h1-5,7-8,10-11,16,20,22H,6,9,12-14H2. The second-order valence-electron chi connectivity index (χ2n) is 5.93. The van der Waals surface area contributed by atoms with Gasteiger partial charge >= 0.3 is 0 Å². The molecule has 2 N–H and O–H groups in total. The molecule has 2 aromatic carbocycles. The number of rotatable bonds is 4. The SMILES string of the molecule is O=C(c1ccccc1NCc1ccccc1)N1CCCC(O)C1. The highest BCUT2D eigenvalue weighted by atomic mass is 16.3. The van der Waals surface area contributed by atoms with Gasteiger partial charge in [-0.2, -0.15) is 0 Å². The summed E-state index contributed by atoms with van der Waals surface area (Å²) in [7, 11) is 0. The van der Waals surface area contributed by atoms with Gasteiger partial charge in [0.15, 0.2) is 0 Å². The molecule has 0 spiro atoms. The maximum Gasteiger partial charge on any atom is 0.256 e. The number of piperidine rings is 1. The highest BCUT2D eigenvalue weighted by Gasteiger charge is 2.24. The summed E-state index contributed by atoms with van der Waals surface area (Å²) in [4.78, 5) is 14.5. The number of amides is 1. The molecule has 1 amide bonds. The van der Waals surface area contributed by atoms with Gasteiger partial charge in [-0.1, -0.05) is 42.5 Å². The van der Waals surface area contributed by atoms with E-state index in [1.165, 1.54) is 5.56 Å². The van der Waals surface area contributed by atoms with Gasteiger partial charge in [-0.3, -0.25) is 4.79 Å². The lowest BCUT2D eigenvalue weighted by Gasteiger charge is -2.30. The Morgan fingerprint density at radius 2 is 1.87 bits per heavy atom. The third-order valence-electron chi connectivity index (χ3n) is 4.17. The van der Waals surface area contributed by atoms with E-state index in [4.69, 9.17) is 0 Å². The molecule has 23 heavy (non-hydrogen) atoms. The van der Waals surface area contributed by atoms with Crippen LogP contribution in [0.3, 0.4) is 0 Å². The Morgan fingerprint density at radius 1 is 1.13 bits per heavy atom. The molecule has 1 unspecified atom stereocenters. The van der Waals surface area contributed by atoms with Crippen molar-refractivity contribution in [3.05, 3.63) is 65.7 Å². The van der Waals surface area contributed by atoms with Crippen molar-refractivity contribution >= 4 is 11.6 Å². The van der Waals surface area contributed by atoms with Crippen LogP contribution in [0.25, 0.3) is 0 Å². The Bertz CT molecular complexity index is 657. The molecule has 0 bridgehead atoms. The molecule has 0 saturated carbocycles. The number of β-amino-alcohol motifs (C(OH)–C–C–N with tert-alkyl or cyclic N) is 1. The van der Waals surface area contributed by atoms with Crippen LogP contribution in [0.1, 0.15) is 28.8 Å². The lowest BCUT2D eigenvalue weighted by Crippen LogP contribution is -2.42. The highest BCUT2D eigenvalue weighted by molar-refractivity contribution is 5.99. The molecule has 120 valence electrons. The molecule has 1 atom stereocenters. The molecule has 0 aromatic heterocycles. The Labute approximate surface area is 136 Å². The van der Waals surface area contributed by atoms with Crippen molar-refractivity contribution in [1.82, 2.24) is 4.90 Å². The van der Waals surface area contributed by atoms with E-state index < -0.39 is 6.10 Å². The number of anilines is 1. The summed E-state index contributed by atoms with van der Waals surface area (Å²) >= 11 is 0. The zero-order valence-electron chi connectivity index (χ0n) is 13.1. The number of para-hydroxylation sites is 1. The first-order valence-corrected chi connectivity index (χ1v) is 8.08. The maximum absolute atomic E-state index is 12.8. The fourth-order valence-corrected chi connectivity index (χ4v) is 2.93. The molecule has 1 aliphatic heterocycles. The lowest BCUT2D eigenvalue weighted by molar-refractivity contribution is 0.0474. The van der Waals surface area contributed by atoms with Crippen molar-refractivity contribution in [1.29, 1.82) is 0 Å². The summed E-state index contributed by atoms with van der Waals surface area (Å²) in [5.41, 5.74) is 2.67. The molecular weight excluding hydrogens is 288 g/mol. The van der Waals surface area contributed by atoms with Gasteiger partial charge in [0, 0.05) is 25.3 Å². The van der Waals surface area contributed by atoms with Crippen molar-refractivity contribution in [3.63, 3.8) is 0 Å². The molecule has 0 aliphatic carbocycles. The summed E-state index contributed by atoms with van der Waals surface area (Å²) in [6.07, 6.45) is 1.22. The van der Waals surface area contributed by atoms with E-state index in [1.54, 1.807) is 4.90 Å². The van der Waals surface area contributed by atoms with Gasteiger partial charge in [0.2, 0.25) is 0 Å². The van der Waals surface area contributed by atoms with Gasteiger partial charge in [0.05, 0.1) is 11.7 Å². The Balaban J connectivity index is 1.73. The molecule has 3 rings (SSSR count). The number of nitrogens with zero attached hydrogens (tertiary/aromatic N) is 1. The van der Waals surface area contributed by atoms with Gasteiger partial charge in [0.1, 0.15) is 0 Å². The van der Waals surface area contributed by atoms with Gasteiger partial charge < -0.3 is 15.3 Å². The van der Waals surface area contributed by atoms with E-state index in [-0.39, 0.29) is 5.91 Å². The largest absolute Gasteiger partial charge is 0.391 e. The molecule has 4 heteroatoms. The second-order valence-corrected chi connectivity index (χ2v) is 5.93. The molecule has 4 nitrogen and oxygen atoms in total. The van der Waals surface area contributed by atoms with Crippen LogP contribution in [0.4, 0.5) is 5.69 Å². The predicted molar refractivity (Wildman–Crippen MR) is 91.4 cm³/mol. The summed E-state index contributed by atoms with van der Waals surface area (Å²) < 4.78 is 0. The van der Waals surface area contributed by atoms with Gasteiger partial charge in [-0.25, -0.2) is 0 Å². The van der Waals surface area contributed by atoms with Crippen LogP contribution in [0.2, 0.25) is 0 Å². The van der Waals surface area contributed by atoms with Crippen LogP contribution in [0.15, 0.2) is 54.6 Å². The van der Waals surface area contributed by atoms with Crippen molar-refractivity contribution < 1.29 is 9.90 Å². The van der Waals surface area contributed by atoms with Crippen LogP contribution in [0, 0.1) is 0 Å². The lowest BCUT2D eigenvalue weighted by atomic mass is 10.1. The average molecular weight is 310 g/mol. The number of carbonyl (C=O) groups excluding carboxylic acids is 1. The maximum atomic E-state index is 12.8. The summed E-state index contributed by atoms with van der Waals surface area (Å²) in [5, 5.41) is 13.1. The monoisotopic (exact) mass is 310 g/mol. The minimum absolute atomic E-state index is 0.0140. The zero-order chi connectivity index (χ0) is 16.1. The van der Waals surface area contributed by atoms with Crippen LogP contribution in [0.5, 0.6) is 0 Å². The van der Waals surface area contributed by atoms with Crippen LogP contribution < -0.4 is 5.32 Å². The minimum atomic E-state index is -0.405. The van der Waals surface area contributed by atoms with E-state index in [0.717, 1.165) is 18.5 Å². The molecule has 1 aliphatic rings. The quantitative estimate of drug-likeness (QED) is 0.913. The van der Waals surface area contributed by atoms with Gasteiger partial charge in [0.25, 0.3) is 5.91 Å². The molecule has 0 radical (unpaired) electrons. The van der Waals surface area contributed by atoms with Crippen molar-refractivity contribution in [3.8, 4) is 0 Å². The predicted octanol–water partition coefficient (Wildman–Crippen LogP) is 2.90. The number of benzene rings is 2. The number of hydrogen-bond donors (Lipinski definition) is 2. The van der Waals surface area contributed by atoms with E-state index in [0.29, 0.717) is 25.2 Å². The molecular formula is C19H22N2O2. The first-order valence-electron chi connectivity index (χ1n) is 8.08. The molecule has 2 aromatic rings. The average Bonchev–Trinajstić information content (AvgIpc) is 2.60. The third-order valence-corrected chi connectivity index (χ3v) is 4.17. The van der Waals surface area contributed by atoms with Gasteiger partial charge in [-0.15, -0.1) is 0 Å². The fourth-order valence-electron chi connectivity index (χ4n) is 2.93. The first kappa shape index (κ1) is 15.6. The number of carbonyl (C=O) groups is 1. The normalized spacial score (nSPS) is 17.8. The van der Waals surface area contributed by atoms with E-state index >= 15 is 0 Å². The minimum Gasteiger partial charge on any atom is -0.391 e. The number of hydrogen-bond acceptors (Lipinski definition) is 3. The Kier molecular flexibility index (Phi) is 4.93. The van der Waals surface area contributed by atoms with Crippen molar-refractivity contribution in [2.45, 2.75) is 25.5 Å². The zero-order valence-corrected chi connectivity index (χ0v) is 13.1. The Morgan fingerprint density at radius 3 is 2.65 bits per heavy atom. The van der Waals surface area contributed by atoms with Crippen molar-refractivity contribution in [2.24, 2.45) is 0 Å². The number of nitrogens with one attached hydrogen (secondary N) is 1. The summed E-state index contributed by atoms with van der Waals surface area (Å²) in [6, 6.07) is 17.7. The van der Waals surface area contributed by atoms with Crippen LogP contribution in [-0.2, 0) is 6.54 Å². The van der Waals surface area contributed by atoms with Crippen molar-refractivity contribution in [2.75, 3.05) is 18.4 Å². The third kappa shape index (κ3) is 3.90. The number of aliphatic hydroxyl groups is 1. The van der Waals surface area contributed by atoms with E-state index in [2.05, 4.69) is 17.4 Å². The topological polar surface area (TPSA) is 52.6 Å². The molecule has 1 fully saturated rings. The molecule has 1 saturated heterocycles. The highest BCUT2D eigenvalue weighted by Crippen LogP contribution is 2.20. The smallest absolute Gasteiger partial charge is 0.256 e. The van der Waals surface area contributed by atoms with E-state index in [1.807, 2.05) is 42.5 Å². The first-order chi connectivity index (χ1) is 11.2. The van der Waals surface area contributed by atoms with E-state index in [9.17, 15) is 9.90 Å². The second kappa shape index (κ2) is 7.29. The summed E-state index contributed by atoms with van der Waals surface area (Å²) in [6.45, 7) is 1.81. The number of likely N-dealkylation sites (tertiary alicyclic amines) is 1.